The summed E-state index contributed by atoms with van der Waals surface area (Å²) in [5, 5.41) is 0. The molecule has 2 N–H and O–H groups in total. The Kier molecular flexibility index (Phi) is 2.33. The van der Waals surface area contributed by atoms with Crippen LogP contribution in [0.25, 0.3) is 0 Å². The summed E-state index contributed by atoms with van der Waals surface area (Å²) in [5.41, 5.74) is 5.60. The monoisotopic (exact) mass is 194 g/mol. The van der Waals surface area contributed by atoms with Crippen molar-refractivity contribution in [2.45, 2.75) is 31.8 Å². The van der Waals surface area contributed by atoms with Crippen molar-refractivity contribution in [3.63, 3.8) is 0 Å². The Labute approximate surface area is 82.7 Å². The van der Waals surface area contributed by atoms with Crippen LogP contribution in [0.2, 0.25) is 0 Å². The molecule has 0 spiro atoms. The van der Waals surface area contributed by atoms with E-state index in [1.165, 1.54) is 0 Å². The summed E-state index contributed by atoms with van der Waals surface area (Å²) in [4.78, 5) is 12.5. The molecule has 0 amide bonds. The van der Waals surface area contributed by atoms with Gasteiger partial charge >= 0.3 is 0 Å². The summed E-state index contributed by atoms with van der Waals surface area (Å²) in [6, 6.07) is 0. The zero-order valence-corrected chi connectivity index (χ0v) is 8.40. The highest BCUT2D eigenvalue weighted by atomic mass is 16.5. The van der Waals surface area contributed by atoms with Gasteiger partial charge in [-0.2, -0.15) is 9.97 Å². The molecule has 0 bridgehead atoms. The molecule has 1 aliphatic carbocycles. The van der Waals surface area contributed by atoms with Crippen LogP contribution < -0.4 is 5.73 Å². The van der Waals surface area contributed by atoms with Gasteiger partial charge in [-0.15, -0.1) is 0 Å². The van der Waals surface area contributed by atoms with E-state index in [-0.39, 0.29) is 6.10 Å². The van der Waals surface area contributed by atoms with Crippen molar-refractivity contribution < 1.29 is 4.74 Å². The minimum Gasteiger partial charge on any atom is -0.374 e. The molecule has 5 nitrogen and oxygen atoms in total. The fourth-order valence-corrected chi connectivity index (χ4v) is 1.24. The summed E-state index contributed by atoms with van der Waals surface area (Å²) in [6.45, 7) is 1.89. The van der Waals surface area contributed by atoms with Gasteiger partial charge in [-0.25, -0.2) is 4.98 Å². The number of anilines is 1. The van der Waals surface area contributed by atoms with Gasteiger partial charge in [0, 0.05) is 13.0 Å². The molecule has 0 aliphatic heterocycles. The summed E-state index contributed by atoms with van der Waals surface area (Å²) in [5.74, 6) is 2.22. The first-order valence-corrected chi connectivity index (χ1v) is 4.75. The lowest BCUT2D eigenvalue weighted by molar-refractivity contribution is 0.111. The van der Waals surface area contributed by atoms with Crippen LogP contribution in [0.3, 0.4) is 0 Å². The number of rotatable bonds is 3. The fourth-order valence-electron chi connectivity index (χ4n) is 1.24. The molecule has 76 valence electrons. The summed E-state index contributed by atoms with van der Waals surface area (Å²) < 4.78 is 5.14. The molecule has 1 aliphatic rings. The number of nitrogen functional groups attached to an aromatic ring is 1. The van der Waals surface area contributed by atoms with Crippen molar-refractivity contribution in [3.8, 4) is 0 Å². The number of hydrogen-bond donors (Lipinski definition) is 1. The Morgan fingerprint density at radius 2 is 2.07 bits per heavy atom. The molecule has 2 rings (SSSR count). The highest BCUT2D eigenvalue weighted by molar-refractivity contribution is 5.20. The average Bonchev–Trinajstić information content (AvgIpc) is 2.98. The van der Waals surface area contributed by atoms with E-state index in [2.05, 4.69) is 15.0 Å². The number of methoxy groups -OCH3 is 1. The van der Waals surface area contributed by atoms with Gasteiger partial charge in [-0.3, -0.25) is 0 Å². The number of nitrogens with two attached hydrogens (primary N) is 1. The number of ether oxygens (including phenoxy) is 1. The molecule has 14 heavy (non-hydrogen) atoms. The summed E-state index contributed by atoms with van der Waals surface area (Å²) in [6.07, 6.45) is 2.19. The van der Waals surface area contributed by atoms with Crippen molar-refractivity contribution in [3.05, 3.63) is 11.6 Å². The molecule has 5 heteroatoms. The largest absolute Gasteiger partial charge is 0.374 e. The Bertz CT molecular complexity index is 338. The van der Waals surface area contributed by atoms with Crippen LogP contribution >= 0.6 is 0 Å². The molecule has 0 radical (unpaired) electrons. The molecule has 0 aromatic carbocycles. The third kappa shape index (κ3) is 1.82. The fraction of sp³-hybridized carbons (Fsp3) is 0.667. The van der Waals surface area contributed by atoms with Crippen LogP contribution in [0.4, 0.5) is 5.95 Å². The van der Waals surface area contributed by atoms with E-state index in [0.717, 1.165) is 18.7 Å². The molecule has 0 saturated heterocycles. The second kappa shape index (κ2) is 3.49. The first kappa shape index (κ1) is 9.33. The predicted octanol–water partition coefficient (Wildman–Crippen LogP) is 1.04. The normalized spacial score (nSPS) is 18.1. The van der Waals surface area contributed by atoms with Crippen LogP contribution in [0.1, 0.15) is 43.4 Å². The Balaban J connectivity index is 2.30. The maximum atomic E-state index is 5.60. The van der Waals surface area contributed by atoms with Crippen LogP contribution in [0.15, 0.2) is 0 Å². The van der Waals surface area contributed by atoms with E-state index in [1.54, 1.807) is 7.11 Å². The van der Waals surface area contributed by atoms with E-state index in [4.69, 9.17) is 10.5 Å². The van der Waals surface area contributed by atoms with Gasteiger partial charge in [-0.05, 0) is 19.8 Å². The smallest absolute Gasteiger partial charge is 0.223 e. The van der Waals surface area contributed by atoms with Gasteiger partial charge in [0.05, 0.1) is 0 Å². The Morgan fingerprint density at radius 1 is 1.36 bits per heavy atom. The topological polar surface area (TPSA) is 73.9 Å². The standard InChI is InChI=1S/C9H14N4O/c1-5(14-2)7-11-8(6-3-4-6)13-9(10)12-7/h5-6H,3-4H2,1-2H3,(H2,10,11,12,13). The molecule has 1 fully saturated rings. The van der Waals surface area contributed by atoms with E-state index in [1.807, 2.05) is 6.92 Å². The van der Waals surface area contributed by atoms with Crippen molar-refractivity contribution >= 4 is 5.95 Å². The van der Waals surface area contributed by atoms with Crippen LogP contribution in [0.5, 0.6) is 0 Å². The molecule has 1 aromatic rings. The number of aromatic nitrogens is 3. The zero-order chi connectivity index (χ0) is 10.1. The second-order valence-electron chi connectivity index (χ2n) is 3.56. The minimum atomic E-state index is -0.127. The number of hydrogen-bond acceptors (Lipinski definition) is 5. The summed E-state index contributed by atoms with van der Waals surface area (Å²) in [7, 11) is 1.63. The van der Waals surface area contributed by atoms with Crippen molar-refractivity contribution in [2.24, 2.45) is 0 Å². The quantitative estimate of drug-likeness (QED) is 0.778. The second-order valence-corrected chi connectivity index (χ2v) is 3.56. The van der Waals surface area contributed by atoms with Gasteiger partial charge in [0.15, 0.2) is 5.82 Å². The van der Waals surface area contributed by atoms with Crippen molar-refractivity contribution in [1.82, 2.24) is 15.0 Å². The maximum absolute atomic E-state index is 5.60. The minimum absolute atomic E-state index is 0.127. The third-order valence-corrected chi connectivity index (χ3v) is 2.35. The molecule has 1 unspecified atom stereocenters. The van der Waals surface area contributed by atoms with Gasteiger partial charge in [0.1, 0.15) is 11.9 Å². The van der Waals surface area contributed by atoms with E-state index in [9.17, 15) is 0 Å². The SMILES string of the molecule is COC(C)c1nc(N)nc(C2CC2)n1. The highest BCUT2D eigenvalue weighted by Gasteiger charge is 2.28. The van der Waals surface area contributed by atoms with Gasteiger partial charge in [-0.1, -0.05) is 0 Å². The maximum Gasteiger partial charge on any atom is 0.223 e. The van der Waals surface area contributed by atoms with Crippen molar-refractivity contribution in [2.75, 3.05) is 12.8 Å². The first-order valence-electron chi connectivity index (χ1n) is 4.75. The van der Waals surface area contributed by atoms with Crippen LogP contribution in [0, 0.1) is 0 Å². The van der Waals surface area contributed by atoms with E-state index in [0.29, 0.717) is 17.7 Å². The predicted molar refractivity (Wildman–Crippen MR) is 51.6 cm³/mol. The molecule has 1 saturated carbocycles. The molecule has 1 atom stereocenters. The molecular weight excluding hydrogens is 180 g/mol. The van der Waals surface area contributed by atoms with Crippen LogP contribution in [-0.4, -0.2) is 22.1 Å². The third-order valence-electron chi connectivity index (χ3n) is 2.35. The van der Waals surface area contributed by atoms with Crippen molar-refractivity contribution in [1.29, 1.82) is 0 Å². The van der Waals surface area contributed by atoms with Crippen LogP contribution in [-0.2, 0) is 4.74 Å². The summed E-state index contributed by atoms with van der Waals surface area (Å²) >= 11 is 0. The zero-order valence-electron chi connectivity index (χ0n) is 8.40. The van der Waals surface area contributed by atoms with Gasteiger partial charge < -0.3 is 10.5 Å². The Morgan fingerprint density at radius 3 is 2.64 bits per heavy atom. The lowest BCUT2D eigenvalue weighted by atomic mass is 10.3. The average molecular weight is 194 g/mol. The highest BCUT2D eigenvalue weighted by Crippen LogP contribution is 2.38. The first-order chi connectivity index (χ1) is 6.70. The van der Waals surface area contributed by atoms with Gasteiger partial charge in [0.2, 0.25) is 5.95 Å². The van der Waals surface area contributed by atoms with E-state index < -0.39 is 0 Å². The lowest BCUT2D eigenvalue weighted by Gasteiger charge is -2.09. The van der Waals surface area contributed by atoms with E-state index >= 15 is 0 Å². The lowest BCUT2D eigenvalue weighted by Crippen LogP contribution is -2.10. The number of nitrogens with zero attached hydrogens (tertiary/aromatic N) is 3. The molecule has 1 heterocycles. The Hall–Kier alpha value is -1.23. The molecule has 1 aromatic heterocycles. The molecular formula is C9H14N4O. The van der Waals surface area contributed by atoms with Gasteiger partial charge in [0.25, 0.3) is 0 Å².